The lowest BCUT2D eigenvalue weighted by atomic mass is 10.3. The smallest absolute Gasteiger partial charge is 0.294 e. The number of benzene rings is 2. The van der Waals surface area contributed by atoms with Gasteiger partial charge >= 0.3 is 0 Å². The highest BCUT2D eigenvalue weighted by Crippen LogP contribution is 2.22. The lowest BCUT2D eigenvalue weighted by Crippen LogP contribution is -2.31. The molecule has 164 valence electrons. The van der Waals surface area contributed by atoms with E-state index in [-0.39, 0.29) is 49.0 Å². The molecule has 12 heteroatoms. The number of aliphatic hydroxyl groups is 2. The van der Waals surface area contributed by atoms with Crippen molar-refractivity contribution in [1.82, 2.24) is 15.0 Å². The Morgan fingerprint density at radius 1 is 0.806 bits per heavy atom. The van der Waals surface area contributed by atoms with E-state index in [1.807, 2.05) is 30.3 Å². The van der Waals surface area contributed by atoms with Crippen LogP contribution >= 0.6 is 0 Å². The highest BCUT2D eigenvalue weighted by molar-refractivity contribution is 7.85. The zero-order valence-electron chi connectivity index (χ0n) is 16.4. The van der Waals surface area contributed by atoms with Gasteiger partial charge in [0.15, 0.2) is 0 Å². The summed E-state index contributed by atoms with van der Waals surface area (Å²) in [7, 11) is -4.37. The number of aromatic nitrogens is 3. The van der Waals surface area contributed by atoms with Gasteiger partial charge in [-0.3, -0.25) is 4.55 Å². The highest BCUT2D eigenvalue weighted by Gasteiger charge is 2.15. The number of anilines is 5. The third-order valence-corrected chi connectivity index (χ3v) is 4.91. The van der Waals surface area contributed by atoms with Gasteiger partial charge in [-0.15, -0.1) is 0 Å². The van der Waals surface area contributed by atoms with Crippen molar-refractivity contribution in [1.29, 1.82) is 0 Å². The minimum Gasteiger partial charge on any atom is -0.395 e. The number of nitrogens with one attached hydrogen (secondary N) is 2. The van der Waals surface area contributed by atoms with Gasteiger partial charge in [0, 0.05) is 24.5 Å². The molecule has 0 saturated carbocycles. The summed E-state index contributed by atoms with van der Waals surface area (Å²) in [6.07, 6.45) is 0. The molecule has 1 heterocycles. The van der Waals surface area contributed by atoms with E-state index in [1.54, 1.807) is 11.0 Å². The number of para-hydroxylation sites is 1. The van der Waals surface area contributed by atoms with Crippen LogP contribution in [0.1, 0.15) is 0 Å². The first kappa shape index (κ1) is 22.4. The van der Waals surface area contributed by atoms with Gasteiger partial charge in [-0.2, -0.15) is 23.4 Å². The average molecular weight is 446 g/mol. The average Bonchev–Trinajstić information content (AvgIpc) is 2.74. The van der Waals surface area contributed by atoms with E-state index in [9.17, 15) is 23.2 Å². The van der Waals surface area contributed by atoms with Crippen molar-refractivity contribution in [2.75, 3.05) is 41.8 Å². The van der Waals surface area contributed by atoms with Gasteiger partial charge in [0.25, 0.3) is 10.1 Å². The fourth-order valence-electron chi connectivity index (χ4n) is 2.69. The van der Waals surface area contributed by atoms with Crippen LogP contribution in [0.5, 0.6) is 0 Å². The van der Waals surface area contributed by atoms with Crippen molar-refractivity contribution in [3.8, 4) is 0 Å². The number of aliphatic hydroxyl groups excluding tert-OH is 2. The summed E-state index contributed by atoms with van der Waals surface area (Å²) < 4.78 is 32.1. The second-order valence-corrected chi connectivity index (χ2v) is 7.76. The summed E-state index contributed by atoms with van der Waals surface area (Å²) in [5.41, 5.74) is 1.06. The van der Waals surface area contributed by atoms with Crippen LogP contribution in [0.25, 0.3) is 0 Å². The summed E-state index contributed by atoms with van der Waals surface area (Å²) in [6, 6.07) is 14.7. The van der Waals surface area contributed by atoms with Crippen molar-refractivity contribution >= 4 is 39.3 Å². The van der Waals surface area contributed by atoms with Crippen LogP contribution in [0.4, 0.5) is 29.2 Å². The zero-order valence-corrected chi connectivity index (χ0v) is 17.2. The van der Waals surface area contributed by atoms with Crippen LogP contribution < -0.4 is 15.5 Å². The summed E-state index contributed by atoms with van der Waals surface area (Å²) in [5.74, 6) is 0.493. The van der Waals surface area contributed by atoms with Crippen LogP contribution in [-0.2, 0) is 10.1 Å². The monoisotopic (exact) mass is 446 g/mol. The van der Waals surface area contributed by atoms with E-state index in [4.69, 9.17) is 0 Å². The number of hydrogen-bond donors (Lipinski definition) is 5. The van der Waals surface area contributed by atoms with Crippen molar-refractivity contribution in [2.24, 2.45) is 0 Å². The summed E-state index contributed by atoms with van der Waals surface area (Å²) in [6.45, 7) is 0.0264. The largest absolute Gasteiger partial charge is 0.395 e. The van der Waals surface area contributed by atoms with E-state index >= 15 is 0 Å². The molecule has 1 aromatic heterocycles. The summed E-state index contributed by atoms with van der Waals surface area (Å²) in [4.78, 5) is 14.3. The van der Waals surface area contributed by atoms with Gasteiger partial charge in [-0.1, -0.05) is 24.3 Å². The highest BCUT2D eigenvalue weighted by atomic mass is 32.2. The molecule has 0 fully saturated rings. The van der Waals surface area contributed by atoms with Gasteiger partial charge in [0.05, 0.1) is 18.1 Å². The SMILES string of the molecule is O=S(=O)(O)c1cccc(Nc2nc(Nc3ccccc3)nc(N(CCO)CCO)n2)c1. The van der Waals surface area contributed by atoms with Gasteiger partial charge in [-0.25, -0.2) is 0 Å². The molecule has 0 unspecified atom stereocenters. The van der Waals surface area contributed by atoms with Crippen LogP contribution in [0.15, 0.2) is 59.5 Å². The number of hydrogen-bond acceptors (Lipinski definition) is 10. The molecule has 0 radical (unpaired) electrons. The molecule has 3 rings (SSSR count). The lowest BCUT2D eigenvalue weighted by Gasteiger charge is -2.21. The standard InChI is InChI=1S/C19H22N6O5S/c26-11-9-25(10-12-27)19-23-17(20-14-5-2-1-3-6-14)22-18(24-19)21-15-7-4-8-16(13-15)31(28,29)30/h1-8,13,26-27H,9-12H2,(H,28,29,30)(H2,20,21,22,23,24). The Kier molecular flexibility index (Phi) is 7.31. The maximum absolute atomic E-state index is 11.4. The third-order valence-electron chi connectivity index (χ3n) is 4.06. The Balaban J connectivity index is 1.98. The van der Waals surface area contributed by atoms with Gasteiger partial charge in [0.2, 0.25) is 17.8 Å². The predicted octanol–water partition coefficient (Wildman–Crippen LogP) is 1.40. The maximum atomic E-state index is 11.4. The quantitative estimate of drug-likeness (QED) is 0.286. The molecular weight excluding hydrogens is 424 g/mol. The van der Waals surface area contributed by atoms with E-state index < -0.39 is 10.1 Å². The topological polar surface area (TPSA) is 161 Å². The minimum absolute atomic E-state index is 0.0943. The van der Waals surface area contributed by atoms with Crippen molar-refractivity contribution in [3.05, 3.63) is 54.6 Å². The van der Waals surface area contributed by atoms with Crippen molar-refractivity contribution in [3.63, 3.8) is 0 Å². The maximum Gasteiger partial charge on any atom is 0.294 e. The van der Waals surface area contributed by atoms with Gasteiger partial charge in [0.1, 0.15) is 0 Å². The summed E-state index contributed by atoms with van der Waals surface area (Å²) in [5, 5.41) is 24.6. The molecule has 0 spiro atoms. The molecule has 0 bridgehead atoms. The van der Waals surface area contributed by atoms with Crippen molar-refractivity contribution < 1.29 is 23.2 Å². The Labute approximate surface area is 179 Å². The first-order chi connectivity index (χ1) is 14.9. The third kappa shape index (κ3) is 6.33. The molecule has 0 aliphatic carbocycles. The fourth-order valence-corrected chi connectivity index (χ4v) is 3.21. The first-order valence-corrected chi connectivity index (χ1v) is 10.7. The number of rotatable bonds is 10. The van der Waals surface area contributed by atoms with Crippen LogP contribution in [-0.4, -0.2) is 64.4 Å². The van der Waals surface area contributed by atoms with Gasteiger partial charge in [-0.05, 0) is 30.3 Å². The zero-order chi connectivity index (χ0) is 22.3. The number of nitrogens with zero attached hydrogens (tertiary/aromatic N) is 4. The van der Waals surface area contributed by atoms with E-state index in [0.717, 1.165) is 5.69 Å². The first-order valence-electron chi connectivity index (χ1n) is 9.28. The summed E-state index contributed by atoms with van der Waals surface area (Å²) >= 11 is 0. The Bertz CT molecular complexity index is 1110. The predicted molar refractivity (Wildman–Crippen MR) is 115 cm³/mol. The molecule has 11 nitrogen and oxygen atoms in total. The molecule has 5 N–H and O–H groups in total. The molecule has 2 aromatic carbocycles. The molecular formula is C19H22N6O5S. The second kappa shape index (κ2) is 10.1. The normalized spacial score (nSPS) is 11.2. The molecule has 0 aliphatic rings. The van der Waals surface area contributed by atoms with E-state index in [1.165, 1.54) is 18.2 Å². The lowest BCUT2D eigenvalue weighted by molar-refractivity contribution is 0.280. The Morgan fingerprint density at radius 2 is 1.39 bits per heavy atom. The fraction of sp³-hybridized carbons (Fsp3) is 0.211. The Morgan fingerprint density at radius 3 is 1.97 bits per heavy atom. The van der Waals surface area contributed by atoms with Crippen LogP contribution in [0.3, 0.4) is 0 Å². The van der Waals surface area contributed by atoms with Gasteiger partial charge < -0.3 is 25.7 Å². The van der Waals surface area contributed by atoms with E-state index in [2.05, 4.69) is 25.6 Å². The Hall–Kier alpha value is -3.32. The molecule has 0 saturated heterocycles. The van der Waals surface area contributed by atoms with E-state index in [0.29, 0.717) is 5.69 Å². The molecule has 0 aliphatic heterocycles. The minimum atomic E-state index is -4.37. The molecule has 0 atom stereocenters. The molecule has 0 amide bonds. The van der Waals surface area contributed by atoms with Crippen molar-refractivity contribution in [2.45, 2.75) is 4.90 Å². The van der Waals surface area contributed by atoms with Crippen LogP contribution in [0, 0.1) is 0 Å². The molecule has 3 aromatic rings. The second-order valence-electron chi connectivity index (χ2n) is 6.34. The van der Waals surface area contributed by atoms with Crippen LogP contribution in [0.2, 0.25) is 0 Å². The molecule has 31 heavy (non-hydrogen) atoms.